The van der Waals surface area contributed by atoms with Crippen molar-refractivity contribution in [2.75, 3.05) is 5.32 Å². The second-order valence-corrected chi connectivity index (χ2v) is 6.05. The zero-order valence-corrected chi connectivity index (χ0v) is 13.6. The molecule has 0 heterocycles. The Hall–Kier alpha value is -2.62. The lowest BCUT2D eigenvalue weighted by Gasteiger charge is -2.25. The number of amides is 1. The summed E-state index contributed by atoms with van der Waals surface area (Å²) in [4.78, 5) is 24.1. The molecule has 0 aliphatic rings. The second kappa shape index (κ2) is 6.65. The molecule has 2 aromatic rings. The fraction of sp³-hybridized carbons (Fsp3) is 0.263. The Morgan fingerprint density at radius 3 is 2.35 bits per heavy atom. The van der Waals surface area contributed by atoms with Crippen LogP contribution in [-0.4, -0.2) is 17.0 Å². The maximum Gasteiger partial charge on any atom is 0.314 e. The van der Waals surface area contributed by atoms with E-state index in [1.54, 1.807) is 31.2 Å². The number of hydrogen-bond acceptors (Lipinski definition) is 2. The molecule has 0 aromatic heterocycles. The van der Waals surface area contributed by atoms with Gasteiger partial charge in [-0.1, -0.05) is 42.5 Å². The Labute approximate surface area is 136 Å². The molecule has 0 unspecified atom stereocenters. The van der Waals surface area contributed by atoms with E-state index in [0.717, 1.165) is 16.8 Å². The van der Waals surface area contributed by atoms with Gasteiger partial charge in [-0.25, -0.2) is 0 Å². The van der Waals surface area contributed by atoms with Gasteiger partial charge in [0.1, 0.15) is 0 Å². The lowest BCUT2D eigenvalue weighted by Crippen LogP contribution is -2.36. The van der Waals surface area contributed by atoms with Gasteiger partial charge in [-0.3, -0.25) is 9.59 Å². The van der Waals surface area contributed by atoms with Crippen molar-refractivity contribution in [1.82, 2.24) is 0 Å². The van der Waals surface area contributed by atoms with Gasteiger partial charge in [-0.15, -0.1) is 0 Å². The van der Waals surface area contributed by atoms with Crippen molar-refractivity contribution in [3.05, 3.63) is 65.2 Å². The van der Waals surface area contributed by atoms with Gasteiger partial charge in [0.05, 0.1) is 5.41 Å². The topological polar surface area (TPSA) is 66.4 Å². The van der Waals surface area contributed by atoms with Crippen molar-refractivity contribution in [3.63, 3.8) is 0 Å². The van der Waals surface area contributed by atoms with E-state index in [4.69, 9.17) is 0 Å². The Balaban J connectivity index is 2.22. The number of carboxylic acids is 1. The molecule has 23 heavy (non-hydrogen) atoms. The molecule has 4 nitrogen and oxygen atoms in total. The number of hydrogen-bond donors (Lipinski definition) is 2. The summed E-state index contributed by atoms with van der Waals surface area (Å²) in [5.74, 6) is -1.33. The fourth-order valence-corrected chi connectivity index (χ4v) is 2.49. The first kappa shape index (κ1) is 16.7. The Morgan fingerprint density at radius 1 is 1.09 bits per heavy atom. The second-order valence-electron chi connectivity index (χ2n) is 6.05. The van der Waals surface area contributed by atoms with Gasteiger partial charge in [0.2, 0.25) is 5.91 Å². The third kappa shape index (κ3) is 3.77. The van der Waals surface area contributed by atoms with Crippen LogP contribution in [0.4, 0.5) is 5.69 Å². The Morgan fingerprint density at radius 2 is 1.74 bits per heavy atom. The van der Waals surface area contributed by atoms with Crippen molar-refractivity contribution in [2.45, 2.75) is 32.6 Å². The molecule has 0 saturated heterocycles. The standard InChI is InChI=1S/C19H21NO3/c1-13-9-10-14(2)16(11-13)20-17(21)12-19(3,18(22)23)15-7-5-4-6-8-15/h4-11H,12H2,1-3H3,(H,20,21)(H,22,23)/t19-/m0/s1. The smallest absolute Gasteiger partial charge is 0.314 e. The predicted octanol–water partition coefficient (Wildman–Crippen LogP) is 3.67. The van der Waals surface area contributed by atoms with E-state index >= 15 is 0 Å². The zero-order chi connectivity index (χ0) is 17.0. The molecule has 120 valence electrons. The van der Waals surface area contributed by atoms with E-state index < -0.39 is 11.4 Å². The van der Waals surface area contributed by atoms with Crippen molar-refractivity contribution in [2.24, 2.45) is 0 Å². The first-order chi connectivity index (χ1) is 10.8. The summed E-state index contributed by atoms with van der Waals surface area (Å²) < 4.78 is 0. The molecule has 0 aliphatic carbocycles. The van der Waals surface area contributed by atoms with Gasteiger partial charge in [0.25, 0.3) is 0 Å². The van der Waals surface area contributed by atoms with Crippen molar-refractivity contribution in [3.8, 4) is 0 Å². The van der Waals surface area contributed by atoms with Crippen LogP contribution in [-0.2, 0) is 15.0 Å². The van der Waals surface area contributed by atoms with Crippen molar-refractivity contribution >= 4 is 17.6 Å². The van der Waals surface area contributed by atoms with Gasteiger partial charge in [-0.05, 0) is 43.5 Å². The first-order valence-electron chi connectivity index (χ1n) is 7.49. The predicted molar refractivity (Wildman–Crippen MR) is 90.6 cm³/mol. The molecule has 2 N–H and O–H groups in total. The van der Waals surface area contributed by atoms with Crippen LogP contribution in [0.3, 0.4) is 0 Å². The summed E-state index contributed by atoms with van der Waals surface area (Å²) in [6.07, 6.45) is -0.125. The van der Waals surface area contributed by atoms with Crippen molar-refractivity contribution < 1.29 is 14.7 Å². The van der Waals surface area contributed by atoms with Crippen LogP contribution in [0.15, 0.2) is 48.5 Å². The largest absolute Gasteiger partial charge is 0.481 e. The fourth-order valence-electron chi connectivity index (χ4n) is 2.49. The van der Waals surface area contributed by atoms with Gasteiger partial charge >= 0.3 is 5.97 Å². The van der Waals surface area contributed by atoms with Crippen LogP contribution in [0.25, 0.3) is 0 Å². The summed E-state index contributed by atoms with van der Waals surface area (Å²) in [6, 6.07) is 14.6. The third-order valence-electron chi connectivity index (χ3n) is 4.06. The first-order valence-corrected chi connectivity index (χ1v) is 7.49. The lowest BCUT2D eigenvalue weighted by atomic mass is 9.79. The number of carbonyl (C=O) groups excluding carboxylic acids is 1. The zero-order valence-electron chi connectivity index (χ0n) is 13.6. The van der Waals surface area contributed by atoms with Gasteiger partial charge in [0.15, 0.2) is 0 Å². The number of nitrogens with one attached hydrogen (secondary N) is 1. The van der Waals surface area contributed by atoms with E-state index in [1.807, 2.05) is 38.1 Å². The maximum absolute atomic E-state index is 12.4. The highest BCUT2D eigenvalue weighted by Gasteiger charge is 2.37. The van der Waals surface area contributed by atoms with Crippen LogP contribution in [0, 0.1) is 13.8 Å². The summed E-state index contributed by atoms with van der Waals surface area (Å²) >= 11 is 0. The molecule has 0 bridgehead atoms. The maximum atomic E-state index is 12.4. The third-order valence-corrected chi connectivity index (χ3v) is 4.06. The molecule has 0 saturated carbocycles. The molecule has 0 spiro atoms. The highest BCUT2D eigenvalue weighted by Crippen LogP contribution is 2.29. The molecule has 0 fully saturated rings. The molecule has 2 rings (SSSR count). The van der Waals surface area contributed by atoms with Crippen LogP contribution < -0.4 is 5.32 Å². The quantitative estimate of drug-likeness (QED) is 0.885. The van der Waals surface area contributed by atoms with Gasteiger partial charge < -0.3 is 10.4 Å². The number of rotatable bonds is 5. The van der Waals surface area contributed by atoms with E-state index in [-0.39, 0.29) is 12.3 Å². The molecular formula is C19H21NO3. The monoisotopic (exact) mass is 311 g/mol. The van der Waals surface area contributed by atoms with Crippen LogP contribution in [0.5, 0.6) is 0 Å². The summed E-state index contributed by atoms with van der Waals surface area (Å²) in [6.45, 7) is 5.43. The minimum atomic E-state index is -1.26. The molecule has 0 aliphatic heterocycles. The van der Waals surface area contributed by atoms with Crippen molar-refractivity contribution in [1.29, 1.82) is 0 Å². The molecular weight excluding hydrogens is 290 g/mol. The lowest BCUT2D eigenvalue weighted by molar-refractivity contribution is -0.145. The molecule has 1 amide bonds. The van der Waals surface area contributed by atoms with Crippen LogP contribution in [0.2, 0.25) is 0 Å². The number of carbonyl (C=O) groups is 2. The molecule has 2 aromatic carbocycles. The SMILES string of the molecule is Cc1ccc(C)c(NC(=O)C[C@](C)(C(=O)O)c2ccccc2)c1. The highest BCUT2D eigenvalue weighted by atomic mass is 16.4. The normalized spacial score (nSPS) is 13.2. The van der Waals surface area contributed by atoms with E-state index in [9.17, 15) is 14.7 Å². The number of benzene rings is 2. The average molecular weight is 311 g/mol. The highest BCUT2D eigenvalue weighted by molar-refractivity contribution is 5.96. The average Bonchev–Trinajstić information content (AvgIpc) is 2.51. The van der Waals surface area contributed by atoms with Crippen LogP contribution in [0.1, 0.15) is 30.0 Å². The number of aliphatic carboxylic acids is 1. The van der Waals surface area contributed by atoms with Gasteiger partial charge in [-0.2, -0.15) is 0 Å². The summed E-state index contributed by atoms with van der Waals surface area (Å²) in [5, 5.41) is 12.4. The molecule has 1 atom stereocenters. The minimum Gasteiger partial charge on any atom is -0.481 e. The Bertz CT molecular complexity index is 725. The molecule has 0 radical (unpaired) electrons. The summed E-state index contributed by atoms with van der Waals surface area (Å²) in [7, 11) is 0. The minimum absolute atomic E-state index is 0.125. The number of aryl methyl sites for hydroxylation is 2. The van der Waals surface area contributed by atoms with E-state index in [1.165, 1.54) is 0 Å². The van der Waals surface area contributed by atoms with E-state index in [2.05, 4.69) is 5.32 Å². The number of carboxylic acid groups (broad SMARTS) is 1. The molecule has 4 heteroatoms. The Kier molecular flexibility index (Phi) is 4.84. The van der Waals surface area contributed by atoms with E-state index in [0.29, 0.717) is 5.56 Å². The summed E-state index contributed by atoms with van der Waals surface area (Å²) in [5.41, 5.74) is 2.05. The number of anilines is 1. The van der Waals surface area contributed by atoms with Crippen LogP contribution >= 0.6 is 0 Å². The van der Waals surface area contributed by atoms with Gasteiger partial charge in [0, 0.05) is 12.1 Å².